The molecule has 0 fully saturated rings. The van der Waals surface area contributed by atoms with Crippen LogP contribution in [0.4, 0.5) is 0 Å². The van der Waals surface area contributed by atoms with Crippen molar-refractivity contribution in [2.45, 2.75) is 77.0 Å². The molecule has 0 bridgehead atoms. The van der Waals surface area contributed by atoms with E-state index in [0.717, 1.165) is 0 Å². The maximum atomic E-state index is 2.55. The van der Waals surface area contributed by atoms with Crippen molar-refractivity contribution in [3.8, 4) is 56.1 Å². The van der Waals surface area contributed by atoms with Gasteiger partial charge in [0.1, 0.15) is 0 Å². The van der Waals surface area contributed by atoms with E-state index in [-0.39, 0.29) is 41.8 Å². The van der Waals surface area contributed by atoms with Gasteiger partial charge in [-0.05, 0) is 176 Å². The van der Waals surface area contributed by atoms with Crippen molar-refractivity contribution in [3.05, 3.63) is 457 Å². The number of fused-ring (bicyclic) bond motifs is 32. The monoisotopic (exact) mass is 1700 g/mol. The number of aromatic nitrogens is 4. The predicted molar refractivity (Wildman–Crippen MR) is 572 cm³/mol. The molecule has 0 saturated carbocycles. The molecule has 0 aliphatic carbocycles. The Morgan fingerprint density at radius 1 is 0.172 bits per heavy atom. The molecular formula is C126H92B4N4. The van der Waals surface area contributed by atoms with Gasteiger partial charge in [-0.25, -0.2) is 0 Å². The van der Waals surface area contributed by atoms with E-state index in [9.17, 15) is 0 Å². The van der Waals surface area contributed by atoms with Crippen molar-refractivity contribution in [1.82, 2.24) is 18.3 Å². The second-order valence-electron chi connectivity index (χ2n) is 40.6. The second kappa shape index (κ2) is 28.1. The first-order valence-corrected chi connectivity index (χ1v) is 47.9. The molecule has 0 radical (unpaired) electrons. The van der Waals surface area contributed by atoms with Crippen LogP contribution < -0.4 is 65.6 Å². The highest BCUT2D eigenvalue weighted by Gasteiger charge is 2.50. The normalized spacial score (nSPS) is 14.9. The molecule has 0 spiro atoms. The van der Waals surface area contributed by atoms with Crippen molar-refractivity contribution in [2.75, 3.05) is 0 Å². The average Bonchev–Trinajstić information content (AvgIpc) is 1.50. The predicted octanol–water partition coefficient (Wildman–Crippen LogP) is 22.0. The lowest BCUT2D eigenvalue weighted by atomic mass is 9.30. The summed E-state index contributed by atoms with van der Waals surface area (Å²) in [4.78, 5) is 0. The fourth-order valence-corrected chi connectivity index (χ4v) is 26.9. The summed E-state index contributed by atoms with van der Waals surface area (Å²) >= 11 is 0. The Balaban J connectivity index is 0.0000000892. The Bertz CT molecular complexity index is 8930. The molecular weight excluding hydrogens is 1610 g/mol. The third-order valence-corrected chi connectivity index (χ3v) is 32.7. The van der Waals surface area contributed by atoms with E-state index >= 15 is 0 Å². The zero-order chi connectivity index (χ0) is 89.3. The molecule has 0 unspecified atom stereocenters. The minimum absolute atomic E-state index is 0.00974. The first-order valence-electron chi connectivity index (χ1n) is 47.9. The lowest BCUT2D eigenvalue weighted by Crippen LogP contribution is -2.63. The van der Waals surface area contributed by atoms with Crippen LogP contribution in [0.5, 0.6) is 0 Å². The molecule has 19 aromatic carbocycles. The van der Waals surface area contributed by atoms with Gasteiger partial charge in [-0.3, -0.25) is 0 Å². The van der Waals surface area contributed by atoms with Crippen LogP contribution in [0.3, 0.4) is 0 Å². The Kier molecular flexibility index (Phi) is 16.2. The summed E-state index contributed by atoms with van der Waals surface area (Å²) in [6.07, 6.45) is 0. The van der Waals surface area contributed by atoms with E-state index in [1.807, 2.05) is 0 Å². The molecule has 134 heavy (non-hydrogen) atoms. The molecule has 23 aromatic rings. The van der Waals surface area contributed by atoms with Crippen LogP contribution in [0.2, 0.25) is 0 Å². The first-order chi connectivity index (χ1) is 65.6. The topological polar surface area (TPSA) is 19.7 Å². The first kappa shape index (κ1) is 77.4. The Morgan fingerprint density at radius 3 is 0.873 bits per heavy atom. The second-order valence-corrected chi connectivity index (χ2v) is 40.6. The van der Waals surface area contributed by atoms with Gasteiger partial charge < -0.3 is 18.3 Å². The quantitative estimate of drug-likeness (QED) is 0.157. The molecule has 0 saturated heterocycles. The van der Waals surface area contributed by atoms with E-state index < -0.39 is 0 Å². The van der Waals surface area contributed by atoms with E-state index in [1.54, 1.807) is 0 Å². The zero-order valence-corrected chi connectivity index (χ0v) is 76.4. The molecule has 8 aliphatic rings. The molecule has 8 aliphatic heterocycles. The number of benzene rings is 19. The maximum absolute atomic E-state index is 2.55. The van der Waals surface area contributed by atoms with Gasteiger partial charge in [0.2, 0.25) is 26.9 Å². The number of hydrogen-bond acceptors (Lipinski definition) is 0. The van der Waals surface area contributed by atoms with Crippen molar-refractivity contribution < 1.29 is 0 Å². The van der Waals surface area contributed by atoms with Crippen LogP contribution in [0.1, 0.15) is 99.9 Å². The van der Waals surface area contributed by atoms with E-state index in [0.29, 0.717) is 6.71 Å². The van der Waals surface area contributed by atoms with Crippen LogP contribution in [-0.2, 0) is 21.7 Å². The van der Waals surface area contributed by atoms with E-state index in [2.05, 4.69) is 486 Å². The molecule has 0 atom stereocenters. The highest BCUT2D eigenvalue weighted by Crippen LogP contribution is 2.49. The molecule has 12 heterocycles. The van der Waals surface area contributed by atoms with Gasteiger partial charge in [0.15, 0.2) is 0 Å². The van der Waals surface area contributed by atoms with Crippen molar-refractivity contribution in [3.63, 3.8) is 0 Å². The van der Waals surface area contributed by atoms with Crippen LogP contribution in [0, 0.1) is 0 Å². The highest BCUT2D eigenvalue weighted by atomic mass is 15.0. The largest absolute Gasteiger partial charge is 0.310 e. The summed E-state index contributed by atoms with van der Waals surface area (Å²) in [6.45, 7) is 20.2. The smallest absolute Gasteiger partial charge is 0.247 e. The van der Waals surface area contributed by atoms with Crippen molar-refractivity contribution in [2.24, 2.45) is 0 Å². The van der Waals surface area contributed by atoms with Gasteiger partial charge in [0.05, 0.1) is 22.1 Å². The van der Waals surface area contributed by atoms with E-state index in [4.69, 9.17) is 0 Å². The minimum atomic E-state index is -0.0492. The molecule has 8 heteroatoms. The lowest BCUT2D eigenvalue weighted by Gasteiger charge is -2.41. The van der Waals surface area contributed by atoms with Crippen LogP contribution >= 0.6 is 0 Å². The summed E-state index contributed by atoms with van der Waals surface area (Å²) in [5, 5.41) is 10.8. The van der Waals surface area contributed by atoms with Gasteiger partial charge in [0, 0.05) is 110 Å². The summed E-state index contributed by atoms with van der Waals surface area (Å²) in [5.41, 5.74) is 52.5. The minimum Gasteiger partial charge on any atom is -0.310 e. The van der Waals surface area contributed by atoms with Crippen molar-refractivity contribution >= 4 is 180 Å². The third kappa shape index (κ3) is 10.4. The van der Waals surface area contributed by atoms with Gasteiger partial charge in [-0.15, -0.1) is 0 Å². The summed E-state index contributed by atoms with van der Waals surface area (Å²) in [7, 11) is 0. The number of rotatable bonds is 3. The van der Waals surface area contributed by atoms with Crippen molar-refractivity contribution in [1.29, 1.82) is 0 Å². The number of hydrogen-bond donors (Lipinski definition) is 0. The molecule has 0 amide bonds. The van der Waals surface area contributed by atoms with Gasteiger partial charge in [-0.1, -0.05) is 435 Å². The summed E-state index contributed by atoms with van der Waals surface area (Å²) in [6, 6.07) is 153. The fourth-order valence-electron chi connectivity index (χ4n) is 26.9. The van der Waals surface area contributed by atoms with Crippen LogP contribution in [0.15, 0.2) is 413 Å². The maximum Gasteiger partial charge on any atom is 0.247 e. The van der Waals surface area contributed by atoms with Gasteiger partial charge in [-0.2, -0.15) is 0 Å². The Labute approximate surface area is 782 Å². The zero-order valence-electron chi connectivity index (χ0n) is 76.4. The molecule has 4 aromatic heterocycles. The van der Waals surface area contributed by atoms with Gasteiger partial charge >= 0.3 is 0 Å². The third-order valence-electron chi connectivity index (χ3n) is 32.7. The standard InChI is InChI=1S/3C33H24BN.C27H20BN/c1-33(2)24-14-6-7-15-26(24)34-27-16-8-9-17-28(27)35-29-18-10-13-22(21-11-4-3-5-12-21)30(29)23-19-20-25(33)31(34)32(23)35;1-33(2)25-12-6-7-13-27(25)34-28-14-8-9-15-30(28)35-29-19-16-22(21-10-4-3-5-11-21)20-24(29)23-17-18-26(33)31(34)32(23)35;1-33(2)25-12-6-7-13-27(25)34-28-14-8-9-15-29(28)35-30-20-22(21-10-4-3-5-11-21)16-17-23(30)24-18-19-26(33)31(34)32(24)35;1-27(2)19-10-4-5-11-21(19)28-22-12-6-8-14-24(22)29-23-13-7-3-9-17(23)18-15-16-20(27)25(28)26(18)29/h3*3-20H,1-2H3;3-16H,1-2H3. The van der Waals surface area contributed by atoms with E-state index in [1.165, 1.54) is 253 Å². The highest BCUT2D eigenvalue weighted by molar-refractivity contribution is 7.01. The molecule has 628 valence electrons. The molecule has 4 nitrogen and oxygen atoms in total. The average molecular weight is 1710 g/mol. The molecule has 0 N–H and O–H groups in total. The number of nitrogens with zero attached hydrogens (tertiary/aromatic N) is 4. The van der Waals surface area contributed by atoms with Gasteiger partial charge in [0.25, 0.3) is 0 Å². The fraction of sp³-hybridized carbons (Fsp3) is 0.0952. The Morgan fingerprint density at radius 2 is 0.455 bits per heavy atom. The van der Waals surface area contributed by atoms with Crippen LogP contribution in [-0.4, -0.2) is 45.1 Å². The lowest BCUT2D eigenvalue weighted by molar-refractivity contribution is 0.646. The number of para-hydroxylation sites is 5. The SMILES string of the molecule is CC1(C)c2ccccc2B2c3ccccc3-n3c4cc(-c5ccccc5)ccc4c4ccc1c2c43.CC1(C)c2ccccc2B2c3ccccc3-n3c4ccc(-c5ccccc5)cc4c4ccc1c2c43.CC1(C)c2ccccc2B2c3ccccc3-n3c4cccc(-c5ccccc5)c4c4ccc1c2c43.CC1(C)c2ccccc2B2c3ccccc3-n3c4ccccc4c4ccc1c2c43. The Hall–Kier alpha value is -15.4. The summed E-state index contributed by atoms with van der Waals surface area (Å²) in [5.74, 6) is 0. The van der Waals surface area contributed by atoms with Crippen LogP contribution in [0.25, 0.3) is 143 Å². The molecule has 31 rings (SSSR count). The summed E-state index contributed by atoms with van der Waals surface area (Å²) < 4.78 is 10.1.